The molecule has 0 unspecified atom stereocenters. The van der Waals surface area contributed by atoms with Crippen molar-refractivity contribution in [2.45, 2.75) is 18.7 Å². The summed E-state index contributed by atoms with van der Waals surface area (Å²) >= 11 is 5.70. The number of hydrogen-bond acceptors (Lipinski definition) is 4. The SMILES string of the molecule is CC(C)(CNS(=O)(=O)c1ccc(Cl)cc1N)C(N)=O. The Morgan fingerprint density at radius 3 is 2.47 bits per heavy atom. The molecule has 0 aliphatic rings. The van der Waals surface area contributed by atoms with Gasteiger partial charge in [-0.25, -0.2) is 13.1 Å². The van der Waals surface area contributed by atoms with Crippen molar-refractivity contribution >= 4 is 33.2 Å². The van der Waals surface area contributed by atoms with Crippen LogP contribution in [-0.4, -0.2) is 20.9 Å². The smallest absolute Gasteiger partial charge is 0.242 e. The van der Waals surface area contributed by atoms with Crippen molar-refractivity contribution in [2.75, 3.05) is 12.3 Å². The normalized spacial score (nSPS) is 12.4. The summed E-state index contributed by atoms with van der Waals surface area (Å²) in [6.45, 7) is 2.97. The van der Waals surface area contributed by atoms with Crippen LogP contribution in [0.15, 0.2) is 23.1 Å². The van der Waals surface area contributed by atoms with E-state index in [4.69, 9.17) is 23.1 Å². The van der Waals surface area contributed by atoms with Crippen LogP contribution in [0.2, 0.25) is 5.02 Å². The molecule has 19 heavy (non-hydrogen) atoms. The fraction of sp³-hybridized carbons (Fsp3) is 0.364. The fourth-order valence-electron chi connectivity index (χ4n) is 1.20. The van der Waals surface area contributed by atoms with Crippen LogP contribution >= 0.6 is 11.6 Å². The predicted octanol–water partition coefficient (Wildman–Crippen LogP) is 0.712. The Bertz CT molecular complexity index is 599. The highest BCUT2D eigenvalue weighted by atomic mass is 35.5. The lowest BCUT2D eigenvalue weighted by molar-refractivity contribution is -0.125. The second kappa shape index (κ2) is 5.36. The van der Waals surface area contributed by atoms with Crippen LogP contribution in [-0.2, 0) is 14.8 Å². The third kappa shape index (κ3) is 3.82. The first-order chi connectivity index (χ1) is 8.56. The standard InChI is InChI=1S/C11H16ClN3O3S/c1-11(2,10(14)16)6-15-19(17,18)9-4-3-7(12)5-8(9)13/h3-5,15H,6,13H2,1-2H3,(H2,14,16). The minimum absolute atomic E-state index is 0.0388. The highest BCUT2D eigenvalue weighted by Crippen LogP contribution is 2.23. The van der Waals surface area contributed by atoms with E-state index in [0.29, 0.717) is 5.02 Å². The summed E-state index contributed by atoms with van der Waals surface area (Å²) in [6.07, 6.45) is 0. The first-order valence-electron chi connectivity index (χ1n) is 5.41. The van der Waals surface area contributed by atoms with Crippen LogP contribution in [0.25, 0.3) is 0 Å². The van der Waals surface area contributed by atoms with Crippen molar-refractivity contribution in [1.82, 2.24) is 4.72 Å². The Labute approximate surface area is 117 Å². The largest absolute Gasteiger partial charge is 0.398 e. The van der Waals surface area contributed by atoms with Gasteiger partial charge in [0.2, 0.25) is 15.9 Å². The fourth-order valence-corrected chi connectivity index (χ4v) is 2.71. The highest BCUT2D eigenvalue weighted by Gasteiger charge is 2.28. The van der Waals surface area contributed by atoms with Gasteiger partial charge in [-0.3, -0.25) is 4.79 Å². The molecule has 6 nitrogen and oxygen atoms in total. The van der Waals surface area contributed by atoms with Crippen molar-refractivity contribution in [2.24, 2.45) is 11.1 Å². The number of hydrogen-bond donors (Lipinski definition) is 3. The Morgan fingerprint density at radius 1 is 1.42 bits per heavy atom. The Balaban J connectivity index is 2.97. The first-order valence-corrected chi connectivity index (χ1v) is 7.27. The third-order valence-electron chi connectivity index (χ3n) is 2.63. The number of nitrogens with two attached hydrogens (primary N) is 2. The van der Waals surface area contributed by atoms with Crippen molar-refractivity contribution in [3.05, 3.63) is 23.2 Å². The molecule has 1 rings (SSSR count). The van der Waals surface area contributed by atoms with E-state index in [9.17, 15) is 13.2 Å². The number of amides is 1. The number of anilines is 1. The van der Waals surface area contributed by atoms with E-state index < -0.39 is 21.3 Å². The van der Waals surface area contributed by atoms with Crippen LogP contribution in [0.1, 0.15) is 13.8 Å². The van der Waals surface area contributed by atoms with E-state index in [1.165, 1.54) is 18.2 Å². The minimum Gasteiger partial charge on any atom is -0.398 e. The first kappa shape index (κ1) is 15.7. The molecular weight excluding hydrogens is 290 g/mol. The van der Waals surface area contributed by atoms with Crippen LogP contribution in [0.3, 0.4) is 0 Å². The molecule has 8 heteroatoms. The van der Waals surface area contributed by atoms with Crippen LogP contribution in [0.4, 0.5) is 5.69 Å². The molecule has 0 heterocycles. The molecule has 5 N–H and O–H groups in total. The lowest BCUT2D eigenvalue weighted by Crippen LogP contribution is -2.42. The molecule has 0 saturated carbocycles. The molecule has 0 atom stereocenters. The number of halogens is 1. The van der Waals surface area contributed by atoms with E-state index in [0.717, 1.165) is 0 Å². The molecule has 0 fully saturated rings. The van der Waals surface area contributed by atoms with E-state index in [1.54, 1.807) is 13.8 Å². The van der Waals surface area contributed by atoms with Gasteiger partial charge in [-0.15, -0.1) is 0 Å². The number of primary amides is 1. The van der Waals surface area contributed by atoms with Gasteiger partial charge in [0.1, 0.15) is 4.90 Å². The molecular formula is C11H16ClN3O3S. The number of carbonyl (C=O) groups is 1. The van der Waals surface area contributed by atoms with E-state index in [2.05, 4.69) is 4.72 Å². The Hall–Kier alpha value is -1.31. The summed E-state index contributed by atoms with van der Waals surface area (Å²) in [4.78, 5) is 11.0. The van der Waals surface area contributed by atoms with E-state index >= 15 is 0 Å². The summed E-state index contributed by atoms with van der Waals surface area (Å²) in [7, 11) is -3.82. The Kier molecular flexibility index (Phi) is 4.44. The number of sulfonamides is 1. The lowest BCUT2D eigenvalue weighted by Gasteiger charge is -2.21. The molecule has 1 aromatic carbocycles. The van der Waals surface area contributed by atoms with Crippen molar-refractivity contribution in [1.29, 1.82) is 0 Å². The quantitative estimate of drug-likeness (QED) is 0.695. The zero-order chi connectivity index (χ0) is 14.8. The lowest BCUT2D eigenvalue weighted by atomic mass is 9.93. The Morgan fingerprint density at radius 2 is 2.00 bits per heavy atom. The number of nitrogens with one attached hydrogen (secondary N) is 1. The number of rotatable bonds is 5. The number of benzene rings is 1. The molecule has 0 aromatic heterocycles. The zero-order valence-electron chi connectivity index (χ0n) is 10.6. The maximum Gasteiger partial charge on any atom is 0.242 e. The summed E-state index contributed by atoms with van der Waals surface area (Å²) in [6, 6.07) is 4.07. The molecule has 0 bridgehead atoms. The van der Waals surface area contributed by atoms with Gasteiger partial charge in [0, 0.05) is 11.6 Å². The van der Waals surface area contributed by atoms with Crippen molar-refractivity contribution in [3.63, 3.8) is 0 Å². The van der Waals surface area contributed by atoms with Crippen LogP contribution in [0, 0.1) is 5.41 Å². The monoisotopic (exact) mass is 305 g/mol. The van der Waals surface area contributed by atoms with Gasteiger partial charge in [-0.05, 0) is 32.0 Å². The molecule has 0 spiro atoms. The van der Waals surface area contributed by atoms with Gasteiger partial charge in [-0.1, -0.05) is 11.6 Å². The third-order valence-corrected chi connectivity index (χ3v) is 4.34. The molecule has 0 aliphatic carbocycles. The van der Waals surface area contributed by atoms with E-state index in [-0.39, 0.29) is 17.1 Å². The summed E-state index contributed by atoms with van der Waals surface area (Å²) in [5, 5.41) is 0.342. The second-order valence-corrected chi connectivity index (χ2v) is 6.93. The molecule has 106 valence electrons. The molecule has 0 aliphatic heterocycles. The molecule has 1 aromatic rings. The van der Waals surface area contributed by atoms with Crippen LogP contribution < -0.4 is 16.2 Å². The molecule has 0 radical (unpaired) electrons. The topological polar surface area (TPSA) is 115 Å². The van der Waals surface area contributed by atoms with E-state index in [1.807, 2.05) is 0 Å². The zero-order valence-corrected chi connectivity index (χ0v) is 12.2. The summed E-state index contributed by atoms with van der Waals surface area (Å²) < 4.78 is 26.4. The van der Waals surface area contributed by atoms with Gasteiger partial charge in [0.05, 0.1) is 11.1 Å². The van der Waals surface area contributed by atoms with Crippen LogP contribution in [0.5, 0.6) is 0 Å². The van der Waals surface area contributed by atoms with Gasteiger partial charge < -0.3 is 11.5 Å². The average molecular weight is 306 g/mol. The molecule has 1 amide bonds. The van der Waals surface area contributed by atoms with Gasteiger partial charge in [-0.2, -0.15) is 0 Å². The maximum absolute atomic E-state index is 12.0. The summed E-state index contributed by atoms with van der Waals surface area (Å²) in [5.41, 5.74) is 9.83. The predicted molar refractivity (Wildman–Crippen MR) is 74.0 cm³/mol. The maximum atomic E-state index is 12.0. The van der Waals surface area contributed by atoms with Gasteiger partial charge >= 0.3 is 0 Å². The molecule has 0 saturated heterocycles. The number of nitrogen functional groups attached to an aromatic ring is 1. The summed E-state index contributed by atoms with van der Waals surface area (Å²) in [5.74, 6) is -0.598. The van der Waals surface area contributed by atoms with Crippen molar-refractivity contribution < 1.29 is 13.2 Å². The minimum atomic E-state index is -3.82. The van der Waals surface area contributed by atoms with Gasteiger partial charge in [0.15, 0.2) is 0 Å². The average Bonchev–Trinajstić information content (AvgIpc) is 2.26. The van der Waals surface area contributed by atoms with Crippen molar-refractivity contribution in [3.8, 4) is 0 Å². The van der Waals surface area contributed by atoms with Gasteiger partial charge in [0.25, 0.3) is 0 Å². The second-order valence-electron chi connectivity index (χ2n) is 4.75. The number of carbonyl (C=O) groups excluding carboxylic acids is 1. The highest BCUT2D eigenvalue weighted by molar-refractivity contribution is 7.89.